The fourth-order valence-electron chi connectivity index (χ4n) is 3.81. The van der Waals surface area contributed by atoms with E-state index in [0.29, 0.717) is 22.7 Å². The summed E-state index contributed by atoms with van der Waals surface area (Å²) in [4.78, 5) is 19.9. The minimum Gasteiger partial charge on any atom is -0.360 e. The van der Waals surface area contributed by atoms with Gasteiger partial charge in [0.2, 0.25) is 0 Å². The van der Waals surface area contributed by atoms with Crippen LogP contribution in [0.1, 0.15) is 10.4 Å². The number of H-pyrrole nitrogens is 1. The lowest BCUT2D eigenvalue weighted by Crippen LogP contribution is -2.11. The van der Waals surface area contributed by atoms with E-state index >= 15 is 0 Å². The van der Waals surface area contributed by atoms with E-state index in [2.05, 4.69) is 25.5 Å². The van der Waals surface area contributed by atoms with Gasteiger partial charge in [-0.25, -0.2) is 0 Å². The first kappa shape index (κ1) is 18.9. The highest BCUT2D eigenvalue weighted by atomic mass is 16.1. The van der Waals surface area contributed by atoms with E-state index in [1.54, 1.807) is 23.1 Å². The smallest absolute Gasteiger partial charge is 0.257 e. The van der Waals surface area contributed by atoms with Gasteiger partial charge in [-0.15, -0.1) is 10.2 Å². The molecule has 6 aromatic rings. The van der Waals surface area contributed by atoms with Gasteiger partial charge >= 0.3 is 0 Å². The Hall–Kier alpha value is -4.85. The van der Waals surface area contributed by atoms with Gasteiger partial charge in [0.05, 0.1) is 11.3 Å². The summed E-state index contributed by atoms with van der Waals surface area (Å²) in [6, 6.07) is 22.8. The maximum atomic E-state index is 12.8. The van der Waals surface area contributed by atoms with Crippen molar-refractivity contribution in [3.63, 3.8) is 0 Å². The minimum absolute atomic E-state index is 0.161. The van der Waals surface area contributed by atoms with Crippen LogP contribution >= 0.6 is 0 Å². The van der Waals surface area contributed by atoms with Gasteiger partial charge in [0.1, 0.15) is 0 Å². The molecule has 0 spiro atoms. The molecule has 0 aliphatic rings. The molecule has 0 radical (unpaired) electrons. The highest BCUT2D eigenvalue weighted by molar-refractivity contribution is 6.12. The molecule has 0 unspecified atom stereocenters. The Morgan fingerprint density at radius 3 is 2.52 bits per heavy atom. The molecule has 0 atom stereocenters. The Morgan fingerprint density at radius 1 is 0.848 bits per heavy atom. The zero-order valence-electron chi connectivity index (χ0n) is 17.3. The number of anilines is 1. The SMILES string of the molecule is O=C(Nc1ccc(-c2ccc3nnc(-c4ccncc4)n3n2)cc1)c1c[nH]c2ccccc12. The van der Waals surface area contributed by atoms with Crippen LogP contribution in [0.3, 0.4) is 0 Å². The van der Waals surface area contributed by atoms with Crippen molar-refractivity contribution in [1.82, 2.24) is 29.8 Å². The van der Waals surface area contributed by atoms with Gasteiger partial charge in [-0.05, 0) is 42.5 Å². The molecule has 0 bridgehead atoms. The summed E-state index contributed by atoms with van der Waals surface area (Å²) < 4.78 is 1.72. The van der Waals surface area contributed by atoms with Crippen molar-refractivity contribution >= 4 is 28.1 Å². The van der Waals surface area contributed by atoms with Gasteiger partial charge < -0.3 is 10.3 Å². The summed E-state index contributed by atoms with van der Waals surface area (Å²) in [5.74, 6) is 0.489. The van der Waals surface area contributed by atoms with Crippen LogP contribution in [-0.4, -0.2) is 35.7 Å². The molecule has 158 valence electrons. The Labute approximate surface area is 188 Å². The molecule has 4 heterocycles. The highest BCUT2D eigenvalue weighted by Gasteiger charge is 2.13. The summed E-state index contributed by atoms with van der Waals surface area (Å²) in [7, 11) is 0. The second-order valence-electron chi connectivity index (χ2n) is 7.53. The Bertz CT molecular complexity index is 1600. The summed E-state index contributed by atoms with van der Waals surface area (Å²) in [6.07, 6.45) is 5.15. The van der Waals surface area contributed by atoms with Crippen LogP contribution in [0.5, 0.6) is 0 Å². The number of nitrogens with zero attached hydrogens (tertiary/aromatic N) is 5. The average molecular weight is 431 g/mol. The normalized spacial score (nSPS) is 11.2. The Morgan fingerprint density at radius 2 is 1.67 bits per heavy atom. The van der Waals surface area contributed by atoms with E-state index in [9.17, 15) is 4.79 Å². The van der Waals surface area contributed by atoms with Crippen molar-refractivity contribution in [2.24, 2.45) is 0 Å². The molecule has 2 aromatic carbocycles. The van der Waals surface area contributed by atoms with Crippen LogP contribution in [0.4, 0.5) is 5.69 Å². The largest absolute Gasteiger partial charge is 0.360 e. The summed E-state index contributed by atoms with van der Waals surface area (Å²) in [6.45, 7) is 0. The first-order valence-electron chi connectivity index (χ1n) is 10.4. The third-order valence-corrected chi connectivity index (χ3v) is 5.47. The van der Waals surface area contributed by atoms with E-state index < -0.39 is 0 Å². The second-order valence-corrected chi connectivity index (χ2v) is 7.53. The first-order chi connectivity index (χ1) is 16.3. The van der Waals surface area contributed by atoms with E-state index in [1.807, 2.05) is 72.8 Å². The number of hydrogen-bond acceptors (Lipinski definition) is 5. The number of carbonyl (C=O) groups is 1. The number of fused-ring (bicyclic) bond motifs is 2. The fourth-order valence-corrected chi connectivity index (χ4v) is 3.81. The number of nitrogens with one attached hydrogen (secondary N) is 2. The molecule has 0 aliphatic heterocycles. The third kappa shape index (κ3) is 3.39. The molecular weight excluding hydrogens is 414 g/mol. The van der Waals surface area contributed by atoms with Gasteiger partial charge in [-0.3, -0.25) is 9.78 Å². The van der Waals surface area contributed by atoms with Crippen LogP contribution < -0.4 is 5.32 Å². The molecular formula is C25H17N7O. The van der Waals surface area contributed by atoms with Gasteiger partial charge in [0, 0.05) is 46.3 Å². The van der Waals surface area contributed by atoms with E-state index in [4.69, 9.17) is 5.10 Å². The van der Waals surface area contributed by atoms with Crippen LogP contribution in [0.15, 0.2) is 91.4 Å². The third-order valence-electron chi connectivity index (χ3n) is 5.47. The van der Waals surface area contributed by atoms with Crippen molar-refractivity contribution in [2.75, 3.05) is 5.32 Å². The fraction of sp³-hybridized carbons (Fsp3) is 0. The summed E-state index contributed by atoms with van der Waals surface area (Å²) in [5, 5.41) is 17.0. The van der Waals surface area contributed by atoms with Crippen molar-refractivity contribution in [1.29, 1.82) is 0 Å². The maximum Gasteiger partial charge on any atom is 0.257 e. The predicted octanol–water partition coefficient (Wildman–Crippen LogP) is 4.59. The molecule has 1 amide bonds. The molecule has 0 saturated carbocycles. The lowest BCUT2D eigenvalue weighted by atomic mass is 10.1. The number of amides is 1. The van der Waals surface area contributed by atoms with Gasteiger partial charge in [0.25, 0.3) is 5.91 Å². The van der Waals surface area contributed by atoms with Crippen molar-refractivity contribution in [2.45, 2.75) is 0 Å². The number of hydrogen-bond donors (Lipinski definition) is 2. The molecule has 0 aliphatic carbocycles. The standard InChI is InChI=1S/C25H17N7O/c33-25(20-15-27-22-4-2-1-3-19(20)22)28-18-7-5-16(6-8-18)21-9-10-23-29-30-24(32(23)31-21)17-11-13-26-14-12-17/h1-15,27H,(H,28,33). The first-order valence-corrected chi connectivity index (χ1v) is 10.4. The zero-order chi connectivity index (χ0) is 22.2. The number of aromatic nitrogens is 6. The number of rotatable bonds is 4. The molecule has 2 N–H and O–H groups in total. The van der Waals surface area contributed by atoms with Gasteiger partial charge in [-0.1, -0.05) is 30.3 Å². The predicted molar refractivity (Wildman–Crippen MR) is 126 cm³/mol. The molecule has 0 saturated heterocycles. The molecule has 8 heteroatoms. The number of pyridine rings is 1. The summed E-state index contributed by atoms with van der Waals surface area (Å²) >= 11 is 0. The monoisotopic (exact) mass is 431 g/mol. The molecule has 6 rings (SSSR count). The lowest BCUT2D eigenvalue weighted by molar-refractivity contribution is 0.102. The highest BCUT2D eigenvalue weighted by Crippen LogP contribution is 2.24. The van der Waals surface area contributed by atoms with E-state index in [0.717, 1.165) is 27.7 Å². The minimum atomic E-state index is -0.161. The van der Waals surface area contributed by atoms with Crippen LogP contribution in [0.25, 0.3) is 39.2 Å². The number of carbonyl (C=O) groups excluding carboxylic acids is 1. The molecule has 33 heavy (non-hydrogen) atoms. The van der Waals surface area contributed by atoms with E-state index in [1.165, 1.54) is 0 Å². The van der Waals surface area contributed by atoms with Crippen molar-refractivity contribution in [3.8, 4) is 22.6 Å². The number of para-hydroxylation sites is 1. The zero-order valence-corrected chi connectivity index (χ0v) is 17.3. The van der Waals surface area contributed by atoms with E-state index in [-0.39, 0.29) is 5.91 Å². The van der Waals surface area contributed by atoms with Crippen molar-refractivity contribution < 1.29 is 4.79 Å². The van der Waals surface area contributed by atoms with Crippen LogP contribution in [0, 0.1) is 0 Å². The quantitative estimate of drug-likeness (QED) is 0.425. The molecule has 4 aromatic heterocycles. The van der Waals surface area contributed by atoms with Crippen molar-refractivity contribution in [3.05, 3.63) is 97.0 Å². The Kier molecular flexibility index (Phi) is 4.40. The topological polar surface area (TPSA) is 101 Å². The second kappa shape index (κ2) is 7.69. The summed E-state index contributed by atoms with van der Waals surface area (Å²) in [5.41, 5.74) is 5.48. The van der Waals surface area contributed by atoms with Crippen LogP contribution in [-0.2, 0) is 0 Å². The lowest BCUT2D eigenvalue weighted by Gasteiger charge is -2.07. The molecule has 8 nitrogen and oxygen atoms in total. The average Bonchev–Trinajstić information content (AvgIpc) is 3.49. The maximum absolute atomic E-state index is 12.8. The number of benzene rings is 2. The number of aromatic amines is 1. The van der Waals surface area contributed by atoms with Gasteiger partial charge in [-0.2, -0.15) is 9.61 Å². The van der Waals surface area contributed by atoms with Gasteiger partial charge in [0.15, 0.2) is 11.5 Å². The Balaban J connectivity index is 1.27. The van der Waals surface area contributed by atoms with Crippen LogP contribution in [0.2, 0.25) is 0 Å². The molecule has 0 fully saturated rings.